The van der Waals surface area contributed by atoms with Crippen LogP contribution in [0.4, 0.5) is 0 Å². The largest absolute Gasteiger partial charge is 0.340 e. The number of piperazine rings is 1. The van der Waals surface area contributed by atoms with Crippen LogP contribution in [0.2, 0.25) is 0 Å². The van der Waals surface area contributed by atoms with Gasteiger partial charge in [0.05, 0.1) is 0 Å². The van der Waals surface area contributed by atoms with Crippen LogP contribution in [0.15, 0.2) is 0 Å². The summed E-state index contributed by atoms with van der Waals surface area (Å²) in [6.07, 6.45) is 2.79. The molecule has 0 radical (unpaired) electrons. The van der Waals surface area contributed by atoms with Crippen LogP contribution in [0.3, 0.4) is 0 Å². The standard InChI is InChI=1S/C14H29N3O/c1-4-13(11-15)16-7-9-17(10-8-16)14(18)6-5-12(2)3/h12-13H,4-11,15H2,1-3H3. The second-order valence-corrected chi connectivity index (χ2v) is 5.65. The van der Waals surface area contributed by atoms with Gasteiger partial charge >= 0.3 is 0 Å². The third-order valence-corrected chi connectivity index (χ3v) is 3.86. The minimum atomic E-state index is 0.323. The van der Waals surface area contributed by atoms with Gasteiger partial charge in [-0.2, -0.15) is 0 Å². The molecule has 1 heterocycles. The summed E-state index contributed by atoms with van der Waals surface area (Å²) in [5.41, 5.74) is 5.77. The van der Waals surface area contributed by atoms with Crippen LogP contribution in [0.1, 0.15) is 40.0 Å². The third-order valence-electron chi connectivity index (χ3n) is 3.86. The predicted molar refractivity (Wildman–Crippen MR) is 75.4 cm³/mol. The lowest BCUT2D eigenvalue weighted by Gasteiger charge is -2.38. The average molecular weight is 255 g/mol. The van der Waals surface area contributed by atoms with E-state index >= 15 is 0 Å². The Morgan fingerprint density at radius 2 is 1.83 bits per heavy atom. The van der Waals surface area contributed by atoms with E-state index in [1.807, 2.05) is 4.90 Å². The molecule has 106 valence electrons. The minimum Gasteiger partial charge on any atom is -0.340 e. The fourth-order valence-electron chi connectivity index (χ4n) is 2.48. The van der Waals surface area contributed by atoms with Gasteiger partial charge in [0, 0.05) is 45.2 Å². The number of amides is 1. The predicted octanol–water partition coefficient (Wildman–Crippen LogP) is 1.30. The molecule has 1 aliphatic rings. The van der Waals surface area contributed by atoms with E-state index in [2.05, 4.69) is 25.7 Å². The highest BCUT2D eigenvalue weighted by atomic mass is 16.2. The Hall–Kier alpha value is -0.610. The molecule has 1 atom stereocenters. The quantitative estimate of drug-likeness (QED) is 0.778. The second kappa shape index (κ2) is 7.74. The Morgan fingerprint density at radius 1 is 1.22 bits per heavy atom. The monoisotopic (exact) mass is 255 g/mol. The molecule has 4 heteroatoms. The van der Waals surface area contributed by atoms with Crippen LogP contribution in [0, 0.1) is 5.92 Å². The van der Waals surface area contributed by atoms with E-state index in [0.29, 0.717) is 24.3 Å². The maximum absolute atomic E-state index is 12.0. The van der Waals surface area contributed by atoms with E-state index in [4.69, 9.17) is 5.73 Å². The van der Waals surface area contributed by atoms with Crippen molar-refractivity contribution in [3.8, 4) is 0 Å². The molecular formula is C14H29N3O. The summed E-state index contributed by atoms with van der Waals surface area (Å²) in [6, 6.07) is 0.484. The van der Waals surface area contributed by atoms with Gasteiger partial charge in [-0.3, -0.25) is 9.69 Å². The number of rotatable bonds is 6. The van der Waals surface area contributed by atoms with Crippen molar-refractivity contribution in [2.45, 2.75) is 46.1 Å². The van der Waals surface area contributed by atoms with E-state index in [-0.39, 0.29) is 0 Å². The van der Waals surface area contributed by atoms with Crippen molar-refractivity contribution in [1.29, 1.82) is 0 Å². The maximum atomic E-state index is 12.0. The molecule has 4 nitrogen and oxygen atoms in total. The highest BCUT2D eigenvalue weighted by Gasteiger charge is 2.24. The summed E-state index contributed by atoms with van der Waals surface area (Å²) < 4.78 is 0. The molecule has 1 aliphatic heterocycles. The number of nitrogens with zero attached hydrogens (tertiary/aromatic N) is 2. The summed E-state index contributed by atoms with van der Waals surface area (Å²) in [4.78, 5) is 16.4. The van der Waals surface area contributed by atoms with Gasteiger partial charge in [-0.15, -0.1) is 0 Å². The van der Waals surface area contributed by atoms with Crippen LogP contribution in [0.25, 0.3) is 0 Å². The van der Waals surface area contributed by atoms with E-state index in [0.717, 1.165) is 45.6 Å². The lowest BCUT2D eigenvalue weighted by molar-refractivity contribution is -0.133. The topological polar surface area (TPSA) is 49.6 Å². The molecule has 1 amide bonds. The zero-order valence-electron chi connectivity index (χ0n) is 12.2. The van der Waals surface area contributed by atoms with E-state index in [1.165, 1.54) is 0 Å². The Bertz CT molecular complexity index is 243. The van der Waals surface area contributed by atoms with Gasteiger partial charge in [-0.05, 0) is 18.8 Å². The van der Waals surface area contributed by atoms with Crippen molar-refractivity contribution in [3.63, 3.8) is 0 Å². The minimum absolute atomic E-state index is 0.323. The molecular weight excluding hydrogens is 226 g/mol. The number of hydrogen-bond donors (Lipinski definition) is 1. The molecule has 0 aromatic carbocycles. The molecule has 0 spiro atoms. The first kappa shape index (κ1) is 15.4. The van der Waals surface area contributed by atoms with E-state index < -0.39 is 0 Å². The summed E-state index contributed by atoms with van der Waals surface area (Å²) >= 11 is 0. The van der Waals surface area contributed by atoms with Crippen molar-refractivity contribution in [3.05, 3.63) is 0 Å². The van der Waals surface area contributed by atoms with Crippen molar-refractivity contribution in [1.82, 2.24) is 9.80 Å². The van der Waals surface area contributed by atoms with Crippen molar-refractivity contribution >= 4 is 5.91 Å². The van der Waals surface area contributed by atoms with Gasteiger partial charge in [0.2, 0.25) is 5.91 Å². The maximum Gasteiger partial charge on any atom is 0.222 e. The molecule has 1 unspecified atom stereocenters. The number of carbonyl (C=O) groups excluding carboxylic acids is 1. The molecule has 0 aromatic rings. The Morgan fingerprint density at radius 3 is 2.28 bits per heavy atom. The molecule has 0 aromatic heterocycles. The number of carbonyl (C=O) groups is 1. The highest BCUT2D eigenvalue weighted by molar-refractivity contribution is 5.76. The van der Waals surface area contributed by atoms with Gasteiger partial charge in [0.25, 0.3) is 0 Å². The molecule has 0 bridgehead atoms. The fraction of sp³-hybridized carbons (Fsp3) is 0.929. The summed E-state index contributed by atoms with van der Waals surface area (Å²) in [7, 11) is 0. The molecule has 2 N–H and O–H groups in total. The van der Waals surface area contributed by atoms with Crippen LogP contribution < -0.4 is 5.73 Å². The first-order valence-electron chi connectivity index (χ1n) is 7.30. The van der Waals surface area contributed by atoms with Crippen LogP contribution in [-0.4, -0.2) is 54.5 Å². The van der Waals surface area contributed by atoms with E-state index in [9.17, 15) is 4.79 Å². The molecule has 18 heavy (non-hydrogen) atoms. The average Bonchev–Trinajstić information content (AvgIpc) is 2.38. The third kappa shape index (κ3) is 4.58. The van der Waals surface area contributed by atoms with Crippen LogP contribution in [-0.2, 0) is 4.79 Å². The normalized spacial score (nSPS) is 19.3. The summed E-state index contributed by atoms with van der Waals surface area (Å²) in [5.74, 6) is 0.932. The summed E-state index contributed by atoms with van der Waals surface area (Å²) in [6.45, 7) is 10.9. The van der Waals surface area contributed by atoms with Crippen molar-refractivity contribution in [2.75, 3.05) is 32.7 Å². The summed E-state index contributed by atoms with van der Waals surface area (Å²) in [5, 5.41) is 0. The highest BCUT2D eigenvalue weighted by Crippen LogP contribution is 2.11. The van der Waals surface area contributed by atoms with E-state index in [1.54, 1.807) is 0 Å². The molecule has 0 saturated carbocycles. The van der Waals surface area contributed by atoms with Gasteiger partial charge in [0.15, 0.2) is 0 Å². The van der Waals surface area contributed by atoms with Crippen molar-refractivity contribution in [2.24, 2.45) is 11.7 Å². The Balaban J connectivity index is 2.32. The van der Waals surface area contributed by atoms with Gasteiger partial charge in [-0.1, -0.05) is 20.8 Å². The lowest BCUT2D eigenvalue weighted by Crippen LogP contribution is -2.53. The van der Waals surface area contributed by atoms with Crippen LogP contribution >= 0.6 is 0 Å². The zero-order valence-corrected chi connectivity index (χ0v) is 12.2. The number of nitrogens with two attached hydrogens (primary N) is 1. The van der Waals surface area contributed by atoms with Crippen LogP contribution in [0.5, 0.6) is 0 Å². The molecule has 0 aliphatic carbocycles. The second-order valence-electron chi connectivity index (χ2n) is 5.65. The van der Waals surface area contributed by atoms with Gasteiger partial charge in [-0.25, -0.2) is 0 Å². The first-order valence-corrected chi connectivity index (χ1v) is 7.30. The molecule has 1 saturated heterocycles. The SMILES string of the molecule is CCC(CN)N1CCN(C(=O)CCC(C)C)CC1. The van der Waals surface area contributed by atoms with Gasteiger partial charge < -0.3 is 10.6 Å². The smallest absolute Gasteiger partial charge is 0.222 e. The Kier molecular flexibility index (Phi) is 6.65. The zero-order chi connectivity index (χ0) is 13.5. The van der Waals surface area contributed by atoms with Crippen molar-refractivity contribution < 1.29 is 4.79 Å². The fourth-order valence-corrected chi connectivity index (χ4v) is 2.48. The van der Waals surface area contributed by atoms with Gasteiger partial charge in [0.1, 0.15) is 0 Å². The first-order chi connectivity index (χ1) is 8.58. The Labute approximate surface area is 111 Å². The number of hydrogen-bond acceptors (Lipinski definition) is 3. The lowest BCUT2D eigenvalue weighted by atomic mass is 10.1. The molecule has 1 fully saturated rings. The molecule has 1 rings (SSSR count).